The van der Waals surface area contributed by atoms with Crippen LogP contribution >= 0.6 is 0 Å². The second-order valence-corrected chi connectivity index (χ2v) is 3.31. The molecule has 4 N–H and O–H groups in total. The van der Waals surface area contributed by atoms with Crippen LogP contribution in [0.2, 0.25) is 0 Å². The number of benzene rings is 1. The highest BCUT2D eigenvalue weighted by Gasteiger charge is 2.10. The molecule has 0 aliphatic rings. The fourth-order valence-corrected chi connectivity index (χ4v) is 1.35. The minimum absolute atomic E-state index is 0.0797. The van der Waals surface area contributed by atoms with Crippen molar-refractivity contribution in [1.82, 2.24) is 5.32 Å². The molecule has 0 bridgehead atoms. The summed E-state index contributed by atoms with van der Waals surface area (Å²) in [5.74, 6) is -0.460. The molecule has 0 aromatic heterocycles. The average Bonchev–Trinajstić information content (AvgIpc) is 2.30. The molecule has 0 fully saturated rings. The predicted molar refractivity (Wildman–Crippen MR) is 62.3 cm³/mol. The topological polar surface area (TPSA) is 84.2 Å². The number of nitrogens with one attached hydrogen (secondary N) is 2. The Morgan fingerprint density at radius 3 is 2.62 bits per heavy atom. The van der Waals surface area contributed by atoms with E-state index in [4.69, 9.17) is 5.73 Å². The van der Waals surface area contributed by atoms with Crippen LogP contribution in [-0.2, 0) is 4.79 Å². The highest BCUT2D eigenvalue weighted by Crippen LogP contribution is 2.18. The summed E-state index contributed by atoms with van der Waals surface area (Å²) in [6, 6.07) is 5.14. The first kappa shape index (κ1) is 12.2. The Balaban J connectivity index is 3.04. The van der Waals surface area contributed by atoms with Crippen molar-refractivity contribution in [2.24, 2.45) is 5.73 Å². The van der Waals surface area contributed by atoms with Gasteiger partial charge < -0.3 is 16.4 Å². The zero-order valence-corrected chi connectivity index (χ0v) is 9.33. The van der Waals surface area contributed by atoms with Gasteiger partial charge in [0.1, 0.15) is 0 Å². The number of carbonyl (C=O) groups excluding carboxylic acids is 2. The van der Waals surface area contributed by atoms with Crippen molar-refractivity contribution < 1.29 is 9.59 Å². The van der Waals surface area contributed by atoms with E-state index >= 15 is 0 Å². The SMILES string of the molecule is CNC(=O)c1cccc(NC(=O)CN)c1C. The fraction of sp³-hybridized carbons (Fsp3) is 0.273. The molecule has 1 aromatic carbocycles. The van der Waals surface area contributed by atoms with Gasteiger partial charge in [-0.05, 0) is 24.6 Å². The number of rotatable bonds is 3. The van der Waals surface area contributed by atoms with Gasteiger partial charge in [0.05, 0.1) is 6.54 Å². The maximum Gasteiger partial charge on any atom is 0.251 e. The molecule has 0 spiro atoms. The first-order valence-corrected chi connectivity index (χ1v) is 4.91. The van der Waals surface area contributed by atoms with Crippen LogP contribution in [0.1, 0.15) is 15.9 Å². The summed E-state index contributed by atoms with van der Waals surface area (Å²) >= 11 is 0. The molecular formula is C11H15N3O2. The Hall–Kier alpha value is -1.88. The summed E-state index contributed by atoms with van der Waals surface area (Å²) in [5.41, 5.74) is 7.08. The van der Waals surface area contributed by atoms with E-state index in [9.17, 15) is 9.59 Å². The van der Waals surface area contributed by atoms with Crippen LogP contribution in [0.5, 0.6) is 0 Å². The molecule has 2 amide bonds. The molecule has 1 aromatic rings. The van der Waals surface area contributed by atoms with E-state index in [0.29, 0.717) is 11.3 Å². The lowest BCUT2D eigenvalue weighted by atomic mass is 10.1. The average molecular weight is 221 g/mol. The van der Waals surface area contributed by atoms with E-state index in [1.54, 1.807) is 32.2 Å². The summed E-state index contributed by atoms with van der Waals surface area (Å²) in [6.45, 7) is 1.69. The first-order chi connectivity index (χ1) is 7.60. The Bertz CT molecular complexity index is 416. The molecule has 0 unspecified atom stereocenters. The Kier molecular flexibility index (Phi) is 4.02. The molecule has 0 atom stereocenters. The van der Waals surface area contributed by atoms with Gasteiger partial charge in [0, 0.05) is 18.3 Å². The molecule has 86 valence electrons. The number of anilines is 1. The minimum Gasteiger partial charge on any atom is -0.355 e. The first-order valence-electron chi connectivity index (χ1n) is 4.91. The van der Waals surface area contributed by atoms with Crippen LogP contribution in [-0.4, -0.2) is 25.4 Å². The van der Waals surface area contributed by atoms with Gasteiger partial charge in [-0.3, -0.25) is 9.59 Å². The normalized spacial score (nSPS) is 9.69. The summed E-state index contributed by atoms with van der Waals surface area (Å²) in [7, 11) is 1.56. The number of nitrogens with two attached hydrogens (primary N) is 1. The Morgan fingerprint density at radius 2 is 2.06 bits per heavy atom. The maximum atomic E-state index is 11.5. The highest BCUT2D eigenvalue weighted by atomic mass is 16.2. The number of hydrogen-bond donors (Lipinski definition) is 3. The number of carbonyl (C=O) groups is 2. The second kappa shape index (κ2) is 5.27. The van der Waals surface area contributed by atoms with Gasteiger partial charge >= 0.3 is 0 Å². The molecule has 1 rings (SSSR count). The summed E-state index contributed by atoms with van der Waals surface area (Å²) < 4.78 is 0. The standard InChI is InChI=1S/C11H15N3O2/c1-7-8(11(16)13-2)4-3-5-9(7)14-10(15)6-12/h3-5H,6,12H2,1-2H3,(H,13,16)(H,14,15). The largest absolute Gasteiger partial charge is 0.355 e. The summed E-state index contributed by atoms with van der Waals surface area (Å²) in [6.07, 6.45) is 0. The lowest BCUT2D eigenvalue weighted by Crippen LogP contribution is -2.23. The summed E-state index contributed by atoms with van der Waals surface area (Å²) in [5, 5.41) is 5.18. The van der Waals surface area contributed by atoms with E-state index < -0.39 is 0 Å². The molecule has 0 radical (unpaired) electrons. The third-order valence-electron chi connectivity index (χ3n) is 2.26. The van der Waals surface area contributed by atoms with Gasteiger partial charge in [0.15, 0.2) is 0 Å². The highest BCUT2D eigenvalue weighted by molar-refractivity contribution is 5.99. The zero-order valence-electron chi connectivity index (χ0n) is 9.33. The van der Waals surface area contributed by atoms with Gasteiger partial charge in [0.2, 0.25) is 5.91 Å². The Morgan fingerprint density at radius 1 is 1.38 bits per heavy atom. The van der Waals surface area contributed by atoms with Crippen LogP contribution < -0.4 is 16.4 Å². The van der Waals surface area contributed by atoms with Gasteiger partial charge in [-0.1, -0.05) is 6.07 Å². The number of amides is 2. The molecule has 0 aliphatic heterocycles. The zero-order chi connectivity index (χ0) is 12.1. The molecule has 0 saturated carbocycles. The Labute approximate surface area is 94.0 Å². The number of hydrogen-bond acceptors (Lipinski definition) is 3. The fourth-order valence-electron chi connectivity index (χ4n) is 1.35. The van der Waals surface area contributed by atoms with Crippen LogP contribution in [0, 0.1) is 6.92 Å². The monoisotopic (exact) mass is 221 g/mol. The van der Waals surface area contributed by atoms with E-state index in [0.717, 1.165) is 5.56 Å². The van der Waals surface area contributed by atoms with Crippen molar-refractivity contribution in [3.05, 3.63) is 29.3 Å². The van der Waals surface area contributed by atoms with Crippen molar-refractivity contribution >= 4 is 17.5 Å². The lowest BCUT2D eigenvalue weighted by Gasteiger charge is -2.10. The molecular weight excluding hydrogens is 206 g/mol. The second-order valence-electron chi connectivity index (χ2n) is 3.31. The van der Waals surface area contributed by atoms with E-state index in [1.165, 1.54) is 0 Å². The van der Waals surface area contributed by atoms with Crippen molar-refractivity contribution in [1.29, 1.82) is 0 Å². The molecule has 0 heterocycles. The molecule has 16 heavy (non-hydrogen) atoms. The van der Waals surface area contributed by atoms with Gasteiger partial charge in [0.25, 0.3) is 5.91 Å². The van der Waals surface area contributed by atoms with Crippen molar-refractivity contribution in [2.75, 3.05) is 18.9 Å². The third kappa shape index (κ3) is 2.58. The lowest BCUT2D eigenvalue weighted by molar-refractivity contribution is -0.114. The van der Waals surface area contributed by atoms with Gasteiger partial charge in [-0.25, -0.2) is 0 Å². The van der Waals surface area contributed by atoms with Crippen LogP contribution in [0.15, 0.2) is 18.2 Å². The van der Waals surface area contributed by atoms with E-state index in [-0.39, 0.29) is 18.4 Å². The maximum absolute atomic E-state index is 11.5. The van der Waals surface area contributed by atoms with Crippen LogP contribution in [0.3, 0.4) is 0 Å². The van der Waals surface area contributed by atoms with Crippen molar-refractivity contribution in [2.45, 2.75) is 6.92 Å². The van der Waals surface area contributed by atoms with Gasteiger partial charge in [-0.2, -0.15) is 0 Å². The van der Waals surface area contributed by atoms with E-state index in [1.807, 2.05) is 0 Å². The smallest absolute Gasteiger partial charge is 0.251 e. The molecule has 0 saturated heterocycles. The summed E-state index contributed by atoms with van der Waals surface area (Å²) in [4.78, 5) is 22.6. The molecule has 0 aliphatic carbocycles. The van der Waals surface area contributed by atoms with Gasteiger partial charge in [-0.15, -0.1) is 0 Å². The van der Waals surface area contributed by atoms with Crippen LogP contribution in [0.25, 0.3) is 0 Å². The third-order valence-corrected chi connectivity index (χ3v) is 2.26. The quantitative estimate of drug-likeness (QED) is 0.684. The minimum atomic E-state index is -0.280. The molecule has 5 heteroatoms. The van der Waals surface area contributed by atoms with Crippen LogP contribution in [0.4, 0.5) is 5.69 Å². The van der Waals surface area contributed by atoms with Crippen molar-refractivity contribution in [3.63, 3.8) is 0 Å². The molecule has 5 nitrogen and oxygen atoms in total. The van der Waals surface area contributed by atoms with Crippen molar-refractivity contribution in [3.8, 4) is 0 Å². The van der Waals surface area contributed by atoms with E-state index in [2.05, 4.69) is 10.6 Å². The predicted octanol–water partition coefficient (Wildman–Crippen LogP) is 0.252.